The van der Waals surface area contributed by atoms with Crippen LogP contribution in [-0.4, -0.2) is 31.1 Å². The summed E-state index contributed by atoms with van der Waals surface area (Å²) in [6, 6.07) is 13.1. The van der Waals surface area contributed by atoms with Crippen LogP contribution in [0.4, 0.5) is 0 Å². The van der Waals surface area contributed by atoms with E-state index < -0.39 is 0 Å². The zero-order valence-electron chi connectivity index (χ0n) is 13.4. The lowest BCUT2D eigenvalue weighted by molar-refractivity contribution is -0.118. The molecule has 1 aliphatic heterocycles. The molecule has 1 N–H and O–H groups in total. The van der Waals surface area contributed by atoms with Crippen LogP contribution in [0.15, 0.2) is 47.6 Å². The molecule has 25 heavy (non-hydrogen) atoms. The Labute approximate surface area is 155 Å². The van der Waals surface area contributed by atoms with E-state index in [0.29, 0.717) is 29.7 Å². The number of carbonyl (C=O) groups is 1. The van der Waals surface area contributed by atoms with Gasteiger partial charge in [0.15, 0.2) is 11.5 Å². The van der Waals surface area contributed by atoms with Crippen molar-refractivity contribution in [1.82, 2.24) is 5.43 Å². The molecule has 5 nitrogen and oxygen atoms in total. The first kappa shape index (κ1) is 17.6. The zero-order valence-corrected chi connectivity index (χ0v) is 15.0. The molecule has 130 valence electrons. The Balaban J connectivity index is 1.43. The summed E-state index contributed by atoms with van der Waals surface area (Å²) in [5, 5.41) is 4.68. The summed E-state index contributed by atoms with van der Waals surface area (Å²) in [5.41, 5.74) is 4.44. The van der Waals surface area contributed by atoms with Gasteiger partial charge in [0.2, 0.25) is 5.91 Å². The summed E-state index contributed by atoms with van der Waals surface area (Å²) in [6.45, 7) is 1.09. The highest BCUT2D eigenvalue weighted by atomic mass is 35.5. The summed E-state index contributed by atoms with van der Waals surface area (Å²) in [4.78, 5) is 11.8. The van der Waals surface area contributed by atoms with Crippen LogP contribution >= 0.6 is 23.4 Å². The van der Waals surface area contributed by atoms with Crippen LogP contribution in [0.3, 0.4) is 0 Å². The van der Waals surface area contributed by atoms with Crippen molar-refractivity contribution in [3.8, 4) is 11.5 Å². The van der Waals surface area contributed by atoms with Crippen molar-refractivity contribution in [1.29, 1.82) is 0 Å². The van der Waals surface area contributed by atoms with Crippen LogP contribution in [-0.2, 0) is 10.5 Å². The van der Waals surface area contributed by atoms with Crippen molar-refractivity contribution in [3.05, 3.63) is 58.6 Å². The second-order valence-electron chi connectivity index (χ2n) is 5.32. The molecule has 0 fully saturated rings. The summed E-state index contributed by atoms with van der Waals surface area (Å²) < 4.78 is 11.0. The SMILES string of the molecule is O=C(CSCc1cccc(Cl)c1)NN=Cc1ccc2c(c1)OCCO2. The van der Waals surface area contributed by atoms with E-state index in [1.54, 1.807) is 6.21 Å². The number of ether oxygens (including phenoxy) is 2. The van der Waals surface area contributed by atoms with Crippen molar-refractivity contribution < 1.29 is 14.3 Å². The van der Waals surface area contributed by atoms with Crippen LogP contribution in [0.5, 0.6) is 11.5 Å². The number of hydrazone groups is 1. The number of hydrogen-bond donors (Lipinski definition) is 1. The lowest BCUT2D eigenvalue weighted by Crippen LogP contribution is -2.19. The lowest BCUT2D eigenvalue weighted by Gasteiger charge is -2.18. The van der Waals surface area contributed by atoms with Gasteiger partial charge in [-0.15, -0.1) is 11.8 Å². The largest absolute Gasteiger partial charge is 0.486 e. The minimum absolute atomic E-state index is 0.152. The summed E-state index contributed by atoms with van der Waals surface area (Å²) in [5.74, 6) is 2.31. The Morgan fingerprint density at radius 3 is 2.88 bits per heavy atom. The van der Waals surface area contributed by atoms with E-state index in [0.717, 1.165) is 22.6 Å². The maximum absolute atomic E-state index is 11.8. The molecule has 2 aromatic rings. The molecule has 0 saturated carbocycles. The quantitative estimate of drug-likeness (QED) is 0.619. The van der Waals surface area contributed by atoms with Crippen molar-refractivity contribution in [3.63, 3.8) is 0 Å². The van der Waals surface area contributed by atoms with Gasteiger partial charge in [-0.05, 0) is 41.5 Å². The molecule has 3 rings (SSSR count). The van der Waals surface area contributed by atoms with Gasteiger partial charge in [-0.2, -0.15) is 5.10 Å². The molecular weight excluding hydrogens is 360 g/mol. The van der Waals surface area contributed by atoms with E-state index in [1.807, 2.05) is 42.5 Å². The highest BCUT2D eigenvalue weighted by Gasteiger charge is 2.10. The molecule has 0 aromatic heterocycles. The zero-order chi connectivity index (χ0) is 17.5. The van der Waals surface area contributed by atoms with E-state index >= 15 is 0 Å². The molecule has 0 radical (unpaired) electrons. The Morgan fingerprint density at radius 2 is 2.04 bits per heavy atom. The summed E-state index contributed by atoms with van der Waals surface area (Å²) >= 11 is 7.44. The van der Waals surface area contributed by atoms with Crippen molar-refractivity contribution >= 4 is 35.5 Å². The summed E-state index contributed by atoms with van der Waals surface area (Å²) in [6.07, 6.45) is 1.58. The molecular formula is C18H17ClN2O3S. The number of amides is 1. The fourth-order valence-electron chi connectivity index (χ4n) is 2.24. The second-order valence-corrected chi connectivity index (χ2v) is 6.74. The fourth-order valence-corrected chi connectivity index (χ4v) is 3.22. The van der Waals surface area contributed by atoms with E-state index in [2.05, 4.69) is 10.5 Å². The normalized spacial score (nSPS) is 13.0. The highest BCUT2D eigenvalue weighted by Crippen LogP contribution is 2.30. The molecule has 0 atom stereocenters. The molecule has 7 heteroatoms. The highest BCUT2D eigenvalue weighted by molar-refractivity contribution is 7.99. The van der Waals surface area contributed by atoms with Crippen LogP contribution < -0.4 is 14.9 Å². The predicted molar refractivity (Wildman–Crippen MR) is 101 cm³/mol. The maximum Gasteiger partial charge on any atom is 0.250 e. The van der Waals surface area contributed by atoms with Gasteiger partial charge in [-0.3, -0.25) is 4.79 Å². The number of benzene rings is 2. The van der Waals surface area contributed by atoms with E-state index in [-0.39, 0.29) is 5.91 Å². The van der Waals surface area contributed by atoms with E-state index in [1.165, 1.54) is 11.8 Å². The Kier molecular flexibility index (Phi) is 6.19. The van der Waals surface area contributed by atoms with Crippen LogP contribution in [0, 0.1) is 0 Å². The topological polar surface area (TPSA) is 59.9 Å². The Morgan fingerprint density at radius 1 is 1.20 bits per heavy atom. The van der Waals surface area contributed by atoms with Gasteiger partial charge in [0.25, 0.3) is 0 Å². The van der Waals surface area contributed by atoms with Crippen molar-refractivity contribution in [2.24, 2.45) is 5.10 Å². The molecule has 2 aromatic carbocycles. The van der Waals surface area contributed by atoms with Crippen molar-refractivity contribution in [2.75, 3.05) is 19.0 Å². The van der Waals surface area contributed by atoms with Crippen LogP contribution in [0.2, 0.25) is 5.02 Å². The second kappa shape index (κ2) is 8.78. The van der Waals surface area contributed by atoms with Gasteiger partial charge in [0, 0.05) is 10.8 Å². The monoisotopic (exact) mass is 376 g/mol. The molecule has 0 bridgehead atoms. The molecule has 0 unspecified atom stereocenters. The number of hydrogen-bond acceptors (Lipinski definition) is 5. The van der Waals surface area contributed by atoms with Gasteiger partial charge >= 0.3 is 0 Å². The standard InChI is InChI=1S/C18H17ClN2O3S/c19-15-3-1-2-14(8-15)11-25-12-18(22)21-20-10-13-4-5-16-17(9-13)24-7-6-23-16/h1-5,8-10H,6-7,11-12H2,(H,21,22). The van der Waals surface area contributed by atoms with Crippen molar-refractivity contribution in [2.45, 2.75) is 5.75 Å². The minimum atomic E-state index is -0.152. The van der Waals surface area contributed by atoms with Crippen LogP contribution in [0.25, 0.3) is 0 Å². The van der Waals surface area contributed by atoms with Gasteiger partial charge in [-0.1, -0.05) is 23.7 Å². The predicted octanol–water partition coefficient (Wildman–Crippen LogP) is 3.49. The third-order valence-corrected chi connectivity index (χ3v) is 4.60. The molecule has 1 aliphatic rings. The first-order valence-corrected chi connectivity index (χ1v) is 9.28. The minimum Gasteiger partial charge on any atom is -0.486 e. The molecule has 1 heterocycles. The number of fused-ring (bicyclic) bond motifs is 1. The Hall–Kier alpha value is -2.18. The third-order valence-electron chi connectivity index (χ3n) is 3.36. The summed E-state index contributed by atoms with van der Waals surface area (Å²) in [7, 11) is 0. The average molecular weight is 377 g/mol. The first-order valence-electron chi connectivity index (χ1n) is 7.74. The third kappa shape index (κ3) is 5.41. The van der Waals surface area contributed by atoms with Gasteiger partial charge in [0.05, 0.1) is 12.0 Å². The van der Waals surface area contributed by atoms with Gasteiger partial charge in [-0.25, -0.2) is 5.43 Å². The fraction of sp³-hybridized carbons (Fsp3) is 0.222. The number of thioether (sulfide) groups is 1. The molecule has 0 spiro atoms. The number of nitrogens with one attached hydrogen (secondary N) is 1. The molecule has 0 saturated heterocycles. The molecule has 1 amide bonds. The number of carbonyl (C=O) groups excluding carboxylic acids is 1. The first-order chi connectivity index (χ1) is 12.2. The van der Waals surface area contributed by atoms with E-state index in [4.69, 9.17) is 21.1 Å². The van der Waals surface area contributed by atoms with E-state index in [9.17, 15) is 4.79 Å². The van der Waals surface area contributed by atoms with Crippen LogP contribution in [0.1, 0.15) is 11.1 Å². The Bertz CT molecular complexity index is 783. The number of nitrogens with zero attached hydrogens (tertiary/aromatic N) is 1. The smallest absolute Gasteiger partial charge is 0.250 e. The lowest BCUT2D eigenvalue weighted by atomic mass is 10.2. The van der Waals surface area contributed by atoms with Gasteiger partial charge in [0.1, 0.15) is 13.2 Å². The molecule has 0 aliphatic carbocycles. The maximum atomic E-state index is 11.8. The average Bonchev–Trinajstić information content (AvgIpc) is 2.62. The number of halogens is 1. The number of rotatable bonds is 6. The van der Waals surface area contributed by atoms with Gasteiger partial charge < -0.3 is 9.47 Å².